The molecule has 1 saturated heterocycles. The first-order chi connectivity index (χ1) is 12.0. The molecule has 2 aromatic carbocycles. The summed E-state index contributed by atoms with van der Waals surface area (Å²) in [5.74, 6) is -0.983. The molecule has 6 nitrogen and oxygen atoms in total. The molecule has 3 rings (SSSR count). The molecular weight excluding hydrogens is 325 g/mol. The van der Waals surface area contributed by atoms with Gasteiger partial charge >= 0.3 is 0 Å². The van der Waals surface area contributed by atoms with Crippen LogP contribution < -0.4 is 10.2 Å². The number of amides is 1. The largest absolute Gasteiger partial charge is 0.366 e. The van der Waals surface area contributed by atoms with Crippen molar-refractivity contribution in [3.8, 4) is 0 Å². The number of nitro benzene ring substituents is 1. The SMILES string of the molecule is O=C(Nc1cccc(F)c1)c1ccc(N2CCCCC2)c([N+](=O)[O-])c1. The molecule has 1 aliphatic rings. The predicted molar refractivity (Wildman–Crippen MR) is 93.5 cm³/mol. The van der Waals surface area contributed by atoms with Crippen molar-refractivity contribution in [2.24, 2.45) is 0 Å². The highest BCUT2D eigenvalue weighted by atomic mass is 19.1. The molecule has 1 fully saturated rings. The van der Waals surface area contributed by atoms with Gasteiger partial charge in [-0.3, -0.25) is 14.9 Å². The van der Waals surface area contributed by atoms with E-state index in [0.29, 0.717) is 11.4 Å². The van der Waals surface area contributed by atoms with Crippen molar-refractivity contribution in [3.05, 3.63) is 64.0 Å². The van der Waals surface area contributed by atoms with Crippen LogP contribution in [0.4, 0.5) is 21.5 Å². The fourth-order valence-corrected chi connectivity index (χ4v) is 2.98. The summed E-state index contributed by atoms with van der Waals surface area (Å²) in [6, 6.07) is 9.95. The van der Waals surface area contributed by atoms with Crippen molar-refractivity contribution in [1.29, 1.82) is 0 Å². The number of rotatable bonds is 4. The number of piperidine rings is 1. The molecule has 1 N–H and O–H groups in total. The minimum absolute atomic E-state index is 0.0891. The van der Waals surface area contributed by atoms with Gasteiger partial charge in [0, 0.05) is 30.4 Å². The number of halogens is 1. The summed E-state index contributed by atoms with van der Waals surface area (Å²) >= 11 is 0. The second kappa shape index (κ2) is 7.29. The minimum atomic E-state index is -0.515. The van der Waals surface area contributed by atoms with Crippen LogP contribution in [0.3, 0.4) is 0 Å². The predicted octanol–water partition coefficient (Wildman–Crippen LogP) is 3.98. The van der Waals surface area contributed by atoms with Crippen LogP contribution in [0.1, 0.15) is 29.6 Å². The molecule has 0 bridgehead atoms. The van der Waals surface area contributed by atoms with Gasteiger partial charge < -0.3 is 10.2 Å². The van der Waals surface area contributed by atoms with E-state index in [9.17, 15) is 19.3 Å². The summed E-state index contributed by atoms with van der Waals surface area (Å²) < 4.78 is 13.2. The van der Waals surface area contributed by atoms with Crippen LogP contribution in [0.5, 0.6) is 0 Å². The van der Waals surface area contributed by atoms with Crippen LogP contribution in [-0.2, 0) is 0 Å². The number of carbonyl (C=O) groups excluding carboxylic acids is 1. The van der Waals surface area contributed by atoms with E-state index in [2.05, 4.69) is 5.32 Å². The third kappa shape index (κ3) is 3.93. The Labute approximate surface area is 144 Å². The summed E-state index contributed by atoms with van der Waals surface area (Å²) in [5.41, 5.74) is 0.908. The van der Waals surface area contributed by atoms with Gasteiger partial charge in [0.15, 0.2) is 0 Å². The zero-order valence-electron chi connectivity index (χ0n) is 13.6. The molecule has 0 unspecified atom stereocenters. The Morgan fingerprint density at radius 1 is 1.12 bits per heavy atom. The maximum Gasteiger partial charge on any atom is 0.293 e. The molecule has 25 heavy (non-hydrogen) atoms. The topological polar surface area (TPSA) is 75.5 Å². The van der Waals surface area contributed by atoms with Crippen LogP contribution in [0.15, 0.2) is 42.5 Å². The number of nitro groups is 1. The van der Waals surface area contributed by atoms with Gasteiger partial charge in [0.2, 0.25) is 0 Å². The summed E-state index contributed by atoms with van der Waals surface area (Å²) in [6.07, 6.45) is 3.12. The molecule has 1 amide bonds. The maximum atomic E-state index is 13.2. The standard InChI is InChI=1S/C18H18FN3O3/c19-14-5-4-6-15(12-14)20-18(23)13-7-8-16(17(11-13)22(24)25)21-9-2-1-3-10-21/h4-8,11-12H,1-3,9-10H2,(H,20,23). The van der Waals surface area contributed by atoms with Crippen molar-refractivity contribution < 1.29 is 14.1 Å². The smallest absolute Gasteiger partial charge is 0.293 e. The molecule has 1 aliphatic heterocycles. The Morgan fingerprint density at radius 2 is 1.88 bits per heavy atom. The average molecular weight is 343 g/mol. The lowest BCUT2D eigenvalue weighted by Gasteiger charge is -2.28. The van der Waals surface area contributed by atoms with Crippen LogP contribution in [0.2, 0.25) is 0 Å². The molecule has 1 heterocycles. The second-order valence-corrected chi connectivity index (χ2v) is 5.97. The Balaban J connectivity index is 1.85. The van der Waals surface area contributed by atoms with E-state index < -0.39 is 16.6 Å². The Kier molecular flexibility index (Phi) is 4.92. The van der Waals surface area contributed by atoms with E-state index >= 15 is 0 Å². The van der Waals surface area contributed by atoms with Crippen molar-refractivity contribution in [1.82, 2.24) is 0 Å². The first kappa shape index (κ1) is 16.9. The van der Waals surface area contributed by atoms with Crippen molar-refractivity contribution in [3.63, 3.8) is 0 Å². The van der Waals surface area contributed by atoms with Gasteiger partial charge in [-0.2, -0.15) is 0 Å². The highest BCUT2D eigenvalue weighted by Crippen LogP contribution is 2.31. The van der Waals surface area contributed by atoms with E-state index in [-0.39, 0.29) is 11.3 Å². The third-order valence-corrected chi connectivity index (χ3v) is 4.21. The monoisotopic (exact) mass is 343 g/mol. The number of hydrogen-bond donors (Lipinski definition) is 1. The van der Waals surface area contributed by atoms with Gasteiger partial charge in [-0.05, 0) is 49.6 Å². The summed E-state index contributed by atoms with van der Waals surface area (Å²) in [5, 5.41) is 14.0. The third-order valence-electron chi connectivity index (χ3n) is 4.21. The highest BCUT2D eigenvalue weighted by molar-refractivity contribution is 6.05. The van der Waals surface area contributed by atoms with Crippen LogP contribution in [0, 0.1) is 15.9 Å². The molecule has 0 atom stereocenters. The molecule has 0 saturated carbocycles. The normalized spacial score (nSPS) is 14.2. The zero-order chi connectivity index (χ0) is 17.8. The van der Waals surface area contributed by atoms with Gasteiger partial charge in [0.1, 0.15) is 11.5 Å². The number of anilines is 2. The Morgan fingerprint density at radius 3 is 2.56 bits per heavy atom. The summed E-state index contributed by atoms with van der Waals surface area (Å²) in [7, 11) is 0. The Bertz CT molecular complexity index is 804. The van der Waals surface area contributed by atoms with Gasteiger partial charge in [-0.15, -0.1) is 0 Å². The molecule has 0 spiro atoms. The lowest BCUT2D eigenvalue weighted by Crippen LogP contribution is -2.30. The lowest BCUT2D eigenvalue weighted by molar-refractivity contribution is -0.384. The second-order valence-electron chi connectivity index (χ2n) is 5.97. The van der Waals surface area contributed by atoms with Crippen molar-refractivity contribution in [2.75, 3.05) is 23.3 Å². The first-order valence-electron chi connectivity index (χ1n) is 8.15. The van der Waals surface area contributed by atoms with E-state index in [0.717, 1.165) is 32.4 Å². The number of carbonyl (C=O) groups is 1. The minimum Gasteiger partial charge on any atom is -0.366 e. The van der Waals surface area contributed by atoms with E-state index in [1.165, 1.54) is 24.3 Å². The van der Waals surface area contributed by atoms with Crippen LogP contribution in [-0.4, -0.2) is 23.9 Å². The first-order valence-corrected chi connectivity index (χ1v) is 8.15. The van der Waals surface area contributed by atoms with Gasteiger partial charge in [-0.1, -0.05) is 6.07 Å². The van der Waals surface area contributed by atoms with Gasteiger partial charge in [0.25, 0.3) is 11.6 Å². The molecule has 0 aromatic heterocycles. The van der Waals surface area contributed by atoms with E-state index in [1.807, 2.05) is 4.90 Å². The maximum absolute atomic E-state index is 13.2. The molecule has 130 valence electrons. The quantitative estimate of drug-likeness (QED) is 0.673. The molecule has 2 aromatic rings. The fraction of sp³-hybridized carbons (Fsp3) is 0.278. The number of nitrogens with zero attached hydrogens (tertiary/aromatic N) is 2. The van der Waals surface area contributed by atoms with Gasteiger partial charge in [0.05, 0.1) is 4.92 Å². The lowest BCUT2D eigenvalue weighted by atomic mass is 10.1. The average Bonchev–Trinajstić information content (AvgIpc) is 2.62. The van der Waals surface area contributed by atoms with E-state index in [4.69, 9.17) is 0 Å². The van der Waals surface area contributed by atoms with Crippen molar-refractivity contribution in [2.45, 2.75) is 19.3 Å². The molecular formula is C18H18FN3O3. The number of hydrogen-bond acceptors (Lipinski definition) is 4. The zero-order valence-corrected chi connectivity index (χ0v) is 13.6. The van der Waals surface area contributed by atoms with Crippen molar-refractivity contribution >= 4 is 23.0 Å². The van der Waals surface area contributed by atoms with Gasteiger partial charge in [-0.25, -0.2) is 4.39 Å². The summed E-state index contributed by atoms with van der Waals surface area (Å²) in [6.45, 7) is 1.55. The fourth-order valence-electron chi connectivity index (χ4n) is 2.98. The van der Waals surface area contributed by atoms with Crippen LogP contribution >= 0.6 is 0 Å². The Hall–Kier alpha value is -2.96. The number of benzene rings is 2. The number of nitrogens with one attached hydrogen (secondary N) is 1. The molecule has 0 aliphatic carbocycles. The summed E-state index contributed by atoms with van der Waals surface area (Å²) in [4.78, 5) is 25.3. The molecule has 0 radical (unpaired) electrons. The van der Waals surface area contributed by atoms with Crippen LogP contribution in [0.25, 0.3) is 0 Å². The highest BCUT2D eigenvalue weighted by Gasteiger charge is 2.23. The van der Waals surface area contributed by atoms with E-state index in [1.54, 1.807) is 18.2 Å². The molecule has 7 heteroatoms.